The van der Waals surface area contributed by atoms with E-state index >= 15 is 0 Å². The molecule has 1 aromatic carbocycles. The van der Waals surface area contributed by atoms with Gasteiger partial charge in [0.15, 0.2) is 0 Å². The lowest BCUT2D eigenvalue weighted by Crippen LogP contribution is -2.00. The molecule has 140 valence electrons. The van der Waals surface area contributed by atoms with E-state index in [0.29, 0.717) is 5.16 Å². The Morgan fingerprint density at radius 2 is 2.04 bits per heavy atom. The Morgan fingerprint density at radius 1 is 1.33 bits per heavy atom. The molecule has 2 aromatic heterocycles. The molecule has 27 heavy (non-hydrogen) atoms. The number of aromatic nitrogens is 4. The van der Waals surface area contributed by atoms with E-state index in [0.717, 1.165) is 46.6 Å². The highest BCUT2D eigenvalue weighted by Crippen LogP contribution is 2.29. The minimum atomic E-state index is -0.998. The van der Waals surface area contributed by atoms with Crippen molar-refractivity contribution in [2.75, 3.05) is 0 Å². The van der Waals surface area contributed by atoms with E-state index in [9.17, 15) is 9.90 Å². The molecule has 2 heterocycles. The topological polar surface area (TPSA) is 83.8 Å². The molecule has 0 radical (unpaired) electrons. The van der Waals surface area contributed by atoms with Gasteiger partial charge in [-0.1, -0.05) is 6.92 Å². The number of aryl methyl sites for hydroxylation is 2. The van der Waals surface area contributed by atoms with Crippen LogP contribution in [0.25, 0.3) is 11.8 Å². The molecule has 0 aliphatic rings. The number of carboxylic acid groups (broad SMARTS) is 1. The van der Waals surface area contributed by atoms with Crippen molar-refractivity contribution in [3.05, 3.63) is 61.6 Å². The van der Waals surface area contributed by atoms with Crippen LogP contribution in [0.1, 0.15) is 29.7 Å². The highest BCUT2D eigenvalue weighted by Gasteiger charge is 2.16. The summed E-state index contributed by atoms with van der Waals surface area (Å²) in [5.74, 6) is -0.263. The van der Waals surface area contributed by atoms with Gasteiger partial charge in [0, 0.05) is 27.1 Å². The molecular formula is C19H19IN4O2S. The summed E-state index contributed by atoms with van der Waals surface area (Å²) >= 11 is 3.32. The van der Waals surface area contributed by atoms with E-state index in [2.05, 4.69) is 66.6 Å². The summed E-state index contributed by atoms with van der Waals surface area (Å²) in [6, 6.07) is 10.2. The van der Waals surface area contributed by atoms with Gasteiger partial charge >= 0.3 is 5.97 Å². The number of aromatic amines is 1. The molecule has 0 aliphatic carbocycles. The van der Waals surface area contributed by atoms with Gasteiger partial charge in [0.05, 0.1) is 0 Å². The molecule has 0 spiro atoms. The van der Waals surface area contributed by atoms with Crippen LogP contribution in [0.3, 0.4) is 0 Å². The first-order valence-electron chi connectivity index (χ1n) is 8.38. The Hall–Kier alpha value is -2.07. The third-order valence-electron chi connectivity index (χ3n) is 4.10. The summed E-state index contributed by atoms with van der Waals surface area (Å²) < 4.78 is 3.29. The highest BCUT2D eigenvalue weighted by molar-refractivity contribution is 14.1. The van der Waals surface area contributed by atoms with Gasteiger partial charge in [-0.2, -0.15) is 0 Å². The average Bonchev–Trinajstić information content (AvgIpc) is 3.20. The van der Waals surface area contributed by atoms with Gasteiger partial charge in [-0.15, -0.1) is 5.10 Å². The quantitative estimate of drug-likeness (QED) is 0.298. The summed E-state index contributed by atoms with van der Waals surface area (Å²) in [5.41, 5.74) is 3.94. The number of hydrogen-bond donors (Lipinski definition) is 2. The van der Waals surface area contributed by atoms with Crippen molar-refractivity contribution in [1.29, 1.82) is 0 Å². The average molecular weight is 494 g/mol. The van der Waals surface area contributed by atoms with Gasteiger partial charge in [-0.25, -0.2) is 9.78 Å². The Balaban J connectivity index is 1.97. The number of H-pyrrole nitrogens is 1. The van der Waals surface area contributed by atoms with Crippen LogP contribution in [0, 0.1) is 17.4 Å². The van der Waals surface area contributed by atoms with E-state index in [1.807, 2.05) is 26.8 Å². The van der Waals surface area contributed by atoms with Crippen molar-refractivity contribution in [2.45, 2.75) is 32.3 Å². The predicted molar refractivity (Wildman–Crippen MR) is 115 cm³/mol. The minimum absolute atomic E-state index is 0.180. The second-order valence-electron chi connectivity index (χ2n) is 5.97. The van der Waals surface area contributed by atoms with Gasteiger partial charge in [0.1, 0.15) is 10.7 Å². The Kier molecular flexibility index (Phi) is 6.05. The van der Waals surface area contributed by atoms with Crippen molar-refractivity contribution in [1.82, 2.24) is 19.7 Å². The molecule has 0 unspecified atom stereocenters. The number of thioether (sulfide) groups is 1. The lowest BCUT2D eigenvalue weighted by molar-refractivity contribution is -0.131. The lowest BCUT2D eigenvalue weighted by atomic mass is 10.2. The molecule has 2 N–H and O–H groups in total. The molecule has 0 saturated heterocycles. The number of hydrogen-bond acceptors (Lipinski definition) is 4. The Morgan fingerprint density at radius 3 is 2.63 bits per heavy atom. The number of carboxylic acids is 1. The molecule has 0 saturated carbocycles. The van der Waals surface area contributed by atoms with E-state index < -0.39 is 5.97 Å². The van der Waals surface area contributed by atoms with Crippen LogP contribution >= 0.6 is 34.4 Å². The van der Waals surface area contributed by atoms with E-state index in [1.165, 1.54) is 3.57 Å². The fourth-order valence-electron chi connectivity index (χ4n) is 2.78. The van der Waals surface area contributed by atoms with E-state index in [-0.39, 0.29) is 4.91 Å². The van der Waals surface area contributed by atoms with Crippen molar-refractivity contribution in [3.63, 3.8) is 0 Å². The maximum absolute atomic E-state index is 11.7. The fourth-order valence-corrected chi connectivity index (χ4v) is 3.85. The normalized spacial score (nSPS) is 11.8. The molecule has 0 aliphatic heterocycles. The number of nitrogens with one attached hydrogen (secondary N) is 1. The van der Waals surface area contributed by atoms with Crippen molar-refractivity contribution < 1.29 is 9.90 Å². The molecule has 3 aromatic rings. The second-order valence-corrected chi connectivity index (χ2v) is 8.23. The molecule has 3 rings (SSSR count). The zero-order valence-corrected chi connectivity index (χ0v) is 18.1. The van der Waals surface area contributed by atoms with Crippen LogP contribution < -0.4 is 0 Å². The summed E-state index contributed by atoms with van der Waals surface area (Å²) in [6.45, 7) is 5.96. The number of benzene rings is 1. The second kappa shape index (κ2) is 8.30. The first-order valence-corrected chi connectivity index (χ1v) is 10.3. The van der Waals surface area contributed by atoms with Crippen molar-refractivity contribution in [2.24, 2.45) is 0 Å². The molecular weight excluding hydrogens is 475 g/mol. The Labute approximate surface area is 175 Å². The SMILES string of the molecule is CCc1nc(S/C(=C\c2cc(C)n(-c3ccc(I)cc3)c2C)C(=O)O)n[nH]1. The van der Waals surface area contributed by atoms with E-state index in [4.69, 9.17) is 0 Å². The number of nitrogens with zero attached hydrogens (tertiary/aromatic N) is 3. The first-order chi connectivity index (χ1) is 12.9. The first kappa shape index (κ1) is 19.7. The van der Waals surface area contributed by atoms with Gasteiger partial charge in [0.2, 0.25) is 5.16 Å². The number of rotatable bonds is 6. The maximum Gasteiger partial charge on any atom is 0.342 e. The summed E-state index contributed by atoms with van der Waals surface area (Å²) in [4.78, 5) is 16.2. The summed E-state index contributed by atoms with van der Waals surface area (Å²) in [5, 5.41) is 16.9. The number of aliphatic carboxylic acids is 1. The molecule has 0 fully saturated rings. The minimum Gasteiger partial charge on any atom is -0.477 e. The van der Waals surface area contributed by atoms with Crippen LogP contribution in [0.15, 0.2) is 40.4 Å². The smallest absolute Gasteiger partial charge is 0.342 e. The molecule has 0 bridgehead atoms. The number of carbonyl (C=O) groups is 1. The van der Waals surface area contributed by atoms with Gasteiger partial charge in [0.25, 0.3) is 0 Å². The predicted octanol–water partition coefficient (Wildman–Crippen LogP) is 4.60. The monoisotopic (exact) mass is 494 g/mol. The highest BCUT2D eigenvalue weighted by atomic mass is 127. The third-order valence-corrected chi connectivity index (χ3v) is 5.70. The van der Waals surface area contributed by atoms with Crippen molar-refractivity contribution >= 4 is 46.4 Å². The number of halogens is 1. The molecule has 8 heteroatoms. The van der Waals surface area contributed by atoms with Gasteiger partial charge < -0.3 is 9.67 Å². The lowest BCUT2D eigenvalue weighted by Gasteiger charge is -2.09. The fraction of sp³-hybridized carbons (Fsp3) is 0.211. The molecule has 0 amide bonds. The molecule has 0 atom stereocenters. The third kappa shape index (κ3) is 4.44. The van der Waals surface area contributed by atoms with Crippen LogP contribution in [0.2, 0.25) is 0 Å². The standard InChI is InChI=1S/C19H19IN4O2S/c1-4-17-21-19(23-22-17)27-16(18(25)26)10-13-9-11(2)24(12(13)3)15-7-5-14(20)6-8-15/h5-10H,4H2,1-3H3,(H,25,26)(H,21,22,23)/b16-10-. The maximum atomic E-state index is 11.7. The van der Waals surface area contributed by atoms with Crippen LogP contribution in [0.4, 0.5) is 0 Å². The van der Waals surface area contributed by atoms with Crippen LogP contribution in [-0.4, -0.2) is 30.8 Å². The van der Waals surface area contributed by atoms with Gasteiger partial charge in [-0.05, 0) is 90.2 Å². The van der Waals surface area contributed by atoms with Crippen LogP contribution in [0.5, 0.6) is 0 Å². The van der Waals surface area contributed by atoms with Gasteiger partial charge in [-0.3, -0.25) is 5.10 Å². The zero-order chi connectivity index (χ0) is 19.6. The summed E-state index contributed by atoms with van der Waals surface area (Å²) in [6.07, 6.45) is 2.40. The summed E-state index contributed by atoms with van der Waals surface area (Å²) in [7, 11) is 0. The molecule has 6 nitrogen and oxygen atoms in total. The largest absolute Gasteiger partial charge is 0.477 e. The Bertz CT molecular complexity index is 1010. The zero-order valence-electron chi connectivity index (χ0n) is 15.2. The van der Waals surface area contributed by atoms with Crippen molar-refractivity contribution in [3.8, 4) is 5.69 Å². The van der Waals surface area contributed by atoms with E-state index in [1.54, 1.807) is 6.08 Å². The van der Waals surface area contributed by atoms with Crippen LogP contribution in [-0.2, 0) is 11.2 Å².